The number of aryl methyl sites for hydroxylation is 1. The molecule has 0 saturated heterocycles. The lowest BCUT2D eigenvalue weighted by Crippen LogP contribution is -1.73. The lowest BCUT2D eigenvalue weighted by atomic mass is 10.1. The van der Waals surface area contributed by atoms with Gasteiger partial charge in [-0.3, -0.25) is 0 Å². The number of rotatable bonds is 1. The standard InChI is InChI=1S/C15H11BrO/c1-10-7-13(16)8-12-9-14(17-15(10)12)11-5-3-2-4-6-11/h2-9H,1H3. The van der Waals surface area contributed by atoms with Gasteiger partial charge in [0.15, 0.2) is 0 Å². The number of halogens is 1. The molecule has 3 rings (SSSR count). The first-order chi connectivity index (χ1) is 8.24. The van der Waals surface area contributed by atoms with Crippen LogP contribution in [-0.2, 0) is 0 Å². The summed E-state index contributed by atoms with van der Waals surface area (Å²) in [5.74, 6) is 0.918. The van der Waals surface area contributed by atoms with Crippen molar-refractivity contribution in [1.82, 2.24) is 0 Å². The van der Waals surface area contributed by atoms with Crippen LogP contribution in [0.25, 0.3) is 22.3 Å². The van der Waals surface area contributed by atoms with Crippen LogP contribution in [-0.4, -0.2) is 0 Å². The van der Waals surface area contributed by atoms with Gasteiger partial charge in [-0.15, -0.1) is 0 Å². The molecule has 0 aliphatic carbocycles. The molecule has 2 aromatic carbocycles. The largest absolute Gasteiger partial charge is 0.456 e. The second kappa shape index (κ2) is 4.04. The lowest BCUT2D eigenvalue weighted by molar-refractivity contribution is 0.629. The second-order valence-electron chi connectivity index (χ2n) is 4.12. The Kier molecular flexibility index (Phi) is 2.52. The summed E-state index contributed by atoms with van der Waals surface area (Å²) >= 11 is 3.51. The molecule has 84 valence electrons. The van der Waals surface area contributed by atoms with E-state index in [1.54, 1.807) is 0 Å². The van der Waals surface area contributed by atoms with Crippen LogP contribution in [0.15, 0.2) is 57.4 Å². The SMILES string of the molecule is Cc1cc(Br)cc2cc(-c3ccccc3)oc12. The van der Waals surface area contributed by atoms with Gasteiger partial charge in [-0.1, -0.05) is 46.3 Å². The molecule has 0 amide bonds. The molecule has 2 heteroatoms. The Morgan fingerprint density at radius 1 is 1.00 bits per heavy atom. The van der Waals surface area contributed by atoms with Crippen LogP contribution in [0, 0.1) is 6.92 Å². The molecule has 1 aromatic heterocycles. The lowest BCUT2D eigenvalue weighted by Gasteiger charge is -1.96. The minimum Gasteiger partial charge on any atom is -0.456 e. The molecule has 1 heterocycles. The topological polar surface area (TPSA) is 13.1 Å². The zero-order valence-electron chi connectivity index (χ0n) is 9.41. The van der Waals surface area contributed by atoms with Crippen LogP contribution in [0.5, 0.6) is 0 Å². The maximum absolute atomic E-state index is 5.92. The minimum absolute atomic E-state index is 0.918. The second-order valence-corrected chi connectivity index (χ2v) is 5.03. The fourth-order valence-corrected chi connectivity index (χ4v) is 2.62. The van der Waals surface area contributed by atoms with E-state index in [1.807, 2.05) is 18.2 Å². The summed E-state index contributed by atoms with van der Waals surface area (Å²) in [6, 6.07) is 16.4. The molecule has 0 bridgehead atoms. The predicted octanol–water partition coefficient (Wildman–Crippen LogP) is 5.17. The maximum Gasteiger partial charge on any atom is 0.137 e. The molecule has 0 saturated carbocycles. The van der Waals surface area contributed by atoms with Gasteiger partial charge in [0.25, 0.3) is 0 Å². The molecule has 17 heavy (non-hydrogen) atoms. The van der Waals surface area contributed by atoms with E-state index < -0.39 is 0 Å². The number of benzene rings is 2. The summed E-state index contributed by atoms with van der Waals surface area (Å²) in [7, 11) is 0. The first-order valence-electron chi connectivity index (χ1n) is 5.49. The molecule has 0 fully saturated rings. The van der Waals surface area contributed by atoms with Gasteiger partial charge in [-0.25, -0.2) is 0 Å². The molecular formula is C15H11BrO. The smallest absolute Gasteiger partial charge is 0.137 e. The molecular weight excluding hydrogens is 276 g/mol. The fraction of sp³-hybridized carbons (Fsp3) is 0.0667. The van der Waals surface area contributed by atoms with Crippen molar-refractivity contribution in [3.8, 4) is 11.3 Å². The van der Waals surface area contributed by atoms with E-state index >= 15 is 0 Å². The highest BCUT2D eigenvalue weighted by Gasteiger charge is 2.08. The predicted molar refractivity (Wildman–Crippen MR) is 74.1 cm³/mol. The maximum atomic E-state index is 5.92. The third-order valence-corrected chi connectivity index (χ3v) is 3.28. The van der Waals surface area contributed by atoms with E-state index in [0.717, 1.165) is 32.3 Å². The third kappa shape index (κ3) is 1.89. The highest BCUT2D eigenvalue weighted by Crippen LogP contribution is 2.31. The van der Waals surface area contributed by atoms with Crippen molar-refractivity contribution in [1.29, 1.82) is 0 Å². The Hall–Kier alpha value is -1.54. The number of hydrogen-bond acceptors (Lipinski definition) is 1. The van der Waals surface area contributed by atoms with Gasteiger partial charge in [-0.2, -0.15) is 0 Å². The Bertz CT molecular complexity index is 668. The minimum atomic E-state index is 0.918. The molecule has 0 aliphatic heterocycles. The Morgan fingerprint density at radius 2 is 1.76 bits per heavy atom. The zero-order valence-corrected chi connectivity index (χ0v) is 11.0. The van der Waals surface area contributed by atoms with Crippen molar-refractivity contribution in [2.75, 3.05) is 0 Å². The number of hydrogen-bond donors (Lipinski definition) is 0. The van der Waals surface area contributed by atoms with Gasteiger partial charge in [0.2, 0.25) is 0 Å². The molecule has 0 radical (unpaired) electrons. The van der Waals surface area contributed by atoms with Crippen LogP contribution in [0.3, 0.4) is 0 Å². The molecule has 1 nitrogen and oxygen atoms in total. The number of fused-ring (bicyclic) bond motifs is 1. The Labute approximate surface area is 108 Å². The van der Waals surface area contributed by atoms with Crippen molar-refractivity contribution >= 4 is 26.9 Å². The average molecular weight is 287 g/mol. The van der Waals surface area contributed by atoms with E-state index in [0.29, 0.717) is 0 Å². The molecule has 0 N–H and O–H groups in total. The summed E-state index contributed by atoms with van der Waals surface area (Å²) in [6.45, 7) is 2.06. The summed E-state index contributed by atoms with van der Waals surface area (Å²) in [4.78, 5) is 0. The quantitative estimate of drug-likeness (QED) is 0.601. The average Bonchev–Trinajstić information content (AvgIpc) is 2.74. The highest BCUT2D eigenvalue weighted by molar-refractivity contribution is 9.10. The van der Waals surface area contributed by atoms with E-state index in [2.05, 4.69) is 53.2 Å². The van der Waals surface area contributed by atoms with Crippen molar-refractivity contribution < 1.29 is 4.42 Å². The summed E-state index contributed by atoms with van der Waals surface area (Å²) in [5, 5.41) is 1.13. The van der Waals surface area contributed by atoms with Crippen molar-refractivity contribution in [3.05, 3.63) is 58.6 Å². The van der Waals surface area contributed by atoms with E-state index in [-0.39, 0.29) is 0 Å². The Balaban J connectivity index is 2.24. The summed E-state index contributed by atoms with van der Waals surface area (Å²) < 4.78 is 7.01. The Morgan fingerprint density at radius 3 is 2.53 bits per heavy atom. The van der Waals surface area contributed by atoms with E-state index in [1.165, 1.54) is 0 Å². The fourth-order valence-electron chi connectivity index (χ4n) is 2.03. The molecule has 0 unspecified atom stereocenters. The summed E-state index contributed by atoms with van der Waals surface area (Å²) in [6.07, 6.45) is 0. The van der Waals surface area contributed by atoms with Crippen LogP contribution >= 0.6 is 15.9 Å². The zero-order chi connectivity index (χ0) is 11.8. The molecule has 0 atom stereocenters. The van der Waals surface area contributed by atoms with Crippen molar-refractivity contribution in [3.63, 3.8) is 0 Å². The normalized spacial score (nSPS) is 10.9. The van der Waals surface area contributed by atoms with Crippen LogP contribution < -0.4 is 0 Å². The van der Waals surface area contributed by atoms with Gasteiger partial charge in [-0.05, 0) is 30.7 Å². The van der Waals surface area contributed by atoms with Crippen LogP contribution in [0.2, 0.25) is 0 Å². The first-order valence-corrected chi connectivity index (χ1v) is 6.28. The third-order valence-electron chi connectivity index (χ3n) is 2.83. The van der Waals surface area contributed by atoms with Crippen molar-refractivity contribution in [2.24, 2.45) is 0 Å². The van der Waals surface area contributed by atoms with E-state index in [4.69, 9.17) is 4.42 Å². The molecule has 3 aromatic rings. The summed E-state index contributed by atoms with van der Waals surface area (Å²) in [5.41, 5.74) is 3.22. The highest BCUT2D eigenvalue weighted by atomic mass is 79.9. The van der Waals surface area contributed by atoms with E-state index in [9.17, 15) is 0 Å². The van der Waals surface area contributed by atoms with Crippen LogP contribution in [0.4, 0.5) is 0 Å². The van der Waals surface area contributed by atoms with Gasteiger partial charge in [0.1, 0.15) is 11.3 Å². The van der Waals surface area contributed by atoms with Crippen molar-refractivity contribution in [2.45, 2.75) is 6.92 Å². The monoisotopic (exact) mass is 286 g/mol. The van der Waals surface area contributed by atoms with Gasteiger partial charge in [0, 0.05) is 15.4 Å². The van der Waals surface area contributed by atoms with Gasteiger partial charge >= 0.3 is 0 Å². The van der Waals surface area contributed by atoms with Gasteiger partial charge < -0.3 is 4.42 Å². The number of furan rings is 1. The van der Waals surface area contributed by atoms with Gasteiger partial charge in [0.05, 0.1) is 0 Å². The first kappa shape index (κ1) is 10.6. The molecule has 0 aliphatic rings. The van der Waals surface area contributed by atoms with Crippen LogP contribution in [0.1, 0.15) is 5.56 Å². The molecule has 0 spiro atoms.